The molecule has 3 heterocycles. The minimum atomic E-state index is -0.337. The van der Waals surface area contributed by atoms with Crippen LogP contribution in [0.15, 0.2) is 52.3 Å². The van der Waals surface area contributed by atoms with Crippen molar-refractivity contribution in [2.24, 2.45) is 0 Å². The Labute approximate surface area is 250 Å². The van der Waals surface area contributed by atoms with Crippen molar-refractivity contribution in [2.45, 2.75) is 78.1 Å². The predicted molar refractivity (Wildman–Crippen MR) is 169 cm³/mol. The third kappa shape index (κ3) is 7.53. The number of amides is 1. The van der Waals surface area contributed by atoms with Gasteiger partial charge in [-0.15, -0.1) is 0 Å². The molecule has 2 aromatic heterocycles. The van der Waals surface area contributed by atoms with E-state index in [2.05, 4.69) is 11.9 Å². The van der Waals surface area contributed by atoms with Gasteiger partial charge in [-0.25, -0.2) is 0 Å². The second kappa shape index (κ2) is 14.8. The summed E-state index contributed by atoms with van der Waals surface area (Å²) in [5, 5.41) is 0.392. The highest BCUT2D eigenvalue weighted by molar-refractivity contribution is 8.26. The first kappa shape index (κ1) is 30.3. The van der Waals surface area contributed by atoms with Crippen LogP contribution in [-0.4, -0.2) is 31.1 Å². The van der Waals surface area contributed by atoms with Crippen LogP contribution in [0.25, 0.3) is 11.7 Å². The standard InChI is InChI=1S/C31H36ClN3O3S2/c1-3-4-5-6-7-8-9-10-11-14-19-35-30(37)26(40-31(35)39)21-23-28(38-25-18-13-12-17-24(25)32)33-27-22(2)16-15-20-34(27)29(23)36/h12-13,15-18,20-21H,3-11,14,19H2,1-2H3/b26-21+. The Kier molecular flexibility index (Phi) is 11.2. The number of ether oxygens (including phenoxy) is 1. The van der Waals surface area contributed by atoms with E-state index < -0.39 is 0 Å². The number of nitrogens with zero attached hydrogens (tertiary/aromatic N) is 3. The average molecular weight is 598 g/mol. The summed E-state index contributed by atoms with van der Waals surface area (Å²) in [6.45, 7) is 4.69. The lowest BCUT2D eigenvalue weighted by Crippen LogP contribution is -2.29. The molecule has 40 heavy (non-hydrogen) atoms. The molecule has 6 nitrogen and oxygen atoms in total. The van der Waals surface area contributed by atoms with Gasteiger partial charge in [0.25, 0.3) is 11.5 Å². The summed E-state index contributed by atoms with van der Waals surface area (Å²) in [5.41, 5.74) is 1.12. The quantitative estimate of drug-likeness (QED) is 0.105. The lowest BCUT2D eigenvalue weighted by molar-refractivity contribution is -0.122. The van der Waals surface area contributed by atoms with Gasteiger partial charge in [0.05, 0.1) is 9.93 Å². The molecule has 0 unspecified atom stereocenters. The SMILES string of the molecule is CCCCCCCCCCCCN1C(=O)/C(=C\c2c(Oc3ccccc3Cl)nc3c(C)cccn3c2=O)SC1=S. The van der Waals surface area contributed by atoms with Crippen LogP contribution in [-0.2, 0) is 4.79 Å². The lowest BCUT2D eigenvalue weighted by Gasteiger charge is -2.14. The van der Waals surface area contributed by atoms with Crippen LogP contribution in [0, 0.1) is 6.92 Å². The number of fused-ring (bicyclic) bond motifs is 1. The second-order valence-electron chi connectivity index (χ2n) is 10.1. The molecule has 1 aliphatic rings. The van der Waals surface area contributed by atoms with Crippen LogP contribution in [0.5, 0.6) is 11.6 Å². The second-order valence-corrected chi connectivity index (χ2v) is 12.2. The fourth-order valence-corrected chi connectivity index (χ4v) is 6.17. The molecule has 0 bridgehead atoms. The van der Waals surface area contributed by atoms with E-state index >= 15 is 0 Å². The zero-order valence-corrected chi connectivity index (χ0v) is 25.5. The van der Waals surface area contributed by atoms with Crippen molar-refractivity contribution in [3.8, 4) is 11.6 Å². The zero-order valence-electron chi connectivity index (χ0n) is 23.2. The molecule has 0 N–H and O–H groups in total. The number of aromatic nitrogens is 2. The molecule has 0 aliphatic carbocycles. The fraction of sp³-hybridized carbons (Fsp3) is 0.419. The molecule has 1 amide bonds. The molecule has 212 valence electrons. The lowest BCUT2D eigenvalue weighted by atomic mass is 10.1. The third-order valence-corrected chi connectivity index (χ3v) is 8.67. The van der Waals surface area contributed by atoms with Crippen molar-refractivity contribution in [1.29, 1.82) is 0 Å². The number of thioether (sulfide) groups is 1. The van der Waals surface area contributed by atoms with E-state index in [1.54, 1.807) is 47.5 Å². The number of carbonyl (C=O) groups excluding carboxylic acids is 1. The van der Waals surface area contributed by atoms with Crippen LogP contribution in [0.3, 0.4) is 0 Å². The maximum absolute atomic E-state index is 13.6. The first-order valence-corrected chi connectivity index (χ1v) is 15.7. The number of benzene rings is 1. The first-order valence-electron chi connectivity index (χ1n) is 14.1. The van der Waals surface area contributed by atoms with Crippen molar-refractivity contribution in [3.05, 3.63) is 74.0 Å². The zero-order chi connectivity index (χ0) is 28.5. The summed E-state index contributed by atoms with van der Waals surface area (Å²) in [7, 11) is 0. The van der Waals surface area contributed by atoms with E-state index in [9.17, 15) is 9.59 Å². The highest BCUT2D eigenvalue weighted by atomic mass is 35.5. The molecule has 9 heteroatoms. The van der Waals surface area contributed by atoms with Gasteiger partial charge in [0, 0.05) is 12.7 Å². The number of rotatable bonds is 14. The summed E-state index contributed by atoms with van der Waals surface area (Å²) in [6.07, 6.45) is 15.4. The Balaban J connectivity index is 1.48. The van der Waals surface area contributed by atoms with Gasteiger partial charge in [-0.05, 0) is 43.2 Å². The molecular weight excluding hydrogens is 562 g/mol. The van der Waals surface area contributed by atoms with E-state index in [0.29, 0.717) is 32.2 Å². The van der Waals surface area contributed by atoms with Crippen molar-refractivity contribution in [1.82, 2.24) is 14.3 Å². The van der Waals surface area contributed by atoms with E-state index in [4.69, 9.17) is 28.6 Å². The number of thiocarbonyl (C=S) groups is 1. The highest BCUT2D eigenvalue weighted by Crippen LogP contribution is 2.35. The number of hydrogen-bond donors (Lipinski definition) is 0. The fourth-order valence-electron chi connectivity index (χ4n) is 4.71. The summed E-state index contributed by atoms with van der Waals surface area (Å²) >= 11 is 13.1. The monoisotopic (exact) mass is 597 g/mol. The maximum atomic E-state index is 13.6. The van der Waals surface area contributed by atoms with Gasteiger partial charge < -0.3 is 4.74 Å². The highest BCUT2D eigenvalue weighted by Gasteiger charge is 2.32. The van der Waals surface area contributed by atoms with E-state index in [-0.39, 0.29) is 22.9 Å². The molecule has 1 aromatic carbocycles. The van der Waals surface area contributed by atoms with Gasteiger partial charge in [-0.3, -0.25) is 18.9 Å². The van der Waals surface area contributed by atoms with Gasteiger partial charge in [0.2, 0.25) is 5.88 Å². The molecule has 1 aliphatic heterocycles. The minimum Gasteiger partial charge on any atom is -0.437 e. The van der Waals surface area contributed by atoms with E-state index in [0.717, 1.165) is 18.4 Å². The third-order valence-electron chi connectivity index (χ3n) is 6.98. The van der Waals surface area contributed by atoms with Crippen LogP contribution in [0.2, 0.25) is 5.02 Å². The molecule has 0 spiro atoms. The van der Waals surface area contributed by atoms with Crippen LogP contribution in [0.1, 0.15) is 82.3 Å². The normalized spacial score (nSPS) is 14.6. The Bertz CT molecular complexity index is 1450. The molecule has 4 rings (SSSR count). The topological polar surface area (TPSA) is 63.9 Å². The maximum Gasteiger partial charge on any atom is 0.269 e. The summed E-state index contributed by atoms with van der Waals surface area (Å²) < 4.78 is 8.02. The average Bonchev–Trinajstić information content (AvgIpc) is 3.21. The number of halogens is 1. The van der Waals surface area contributed by atoms with Crippen molar-refractivity contribution < 1.29 is 9.53 Å². The summed E-state index contributed by atoms with van der Waals surface area (Å²) in [5.74, 6) is 0.271. The number of aryl methyl sites for hydroxylation is 1. The number of pyridine rings is 1. The van der Waals surface area contributed by atoms with Crippen molar-refractivity contribution >= 4 is 57.5 Å². The van der Waals surface area contributed by atoms with Gasteiger partial charge in [-0.2, -0.15) is 4.98 Å². The van der Waals surface area contributed by atoms with Crippen LogP contribution < -0.4 is 10.3 Å². The minimum absolute atomic E-state index is 0.0902. The number of para-hydroxylation sites is 1. The number of unbranched alkanes of at least 4 members (excludes halogenated alkanes) is 9. The number of hydrogen-bond acceptors (Lipinski definition) is 6. The molecular formula is C31H36ClN3O3S2. The first-order chi connectivity index (χ1) is 19.4. The van der Waals surface area contributed by atoms with E-state index in [1.807, 2.05) is 13.0 Å². The van der Waals surface area contributed by atoms with Crippen molar-refractivity contribution in [3.63, 3.8) is 0 Å². The van der Waals surface area contributed by atoms with Gasteiger partial charge in [0.15, 0.2) is 0 Å². The van der Waals surface area contributed by atoms with E-state index in [1.165, 1.54) is 67.5 Å². The Morgan fingerprint density at radius 2 is 1.65 bits per heavy atom. The smallest absolute Gasteiger partial charge is 0.269 e. The Hall–Kier alpha value is -2.68. The van der Waals surface area contributed by atoms with Gasteiger partial charge >= 0.3 is 0 Å². The largest absolute Gasteiger partial charge is 0.437 e. The van der Waals surface area contributed by atoms with Gasteiger partial charge in [-0.1, -0.05) is 118 Å². The predicted octanol–water partition coefficient (Wildman–Crippen LogP) is 8.57. The molecule has 1 saturated heterocycles. The van der Waals surface area contributed by atoms with Crippen molar-refractivity contribution in [2.75, 3.05) is 6.54 Å². The molecule has 0 atom stereocenters. The van der Waals surface area contributed by atoms with Gasteiger partial charge in [0.1, 0.15) is 21.3 Å². The summed E-state index contributed by atoms with van der Waals surface area (Å²) in [6, 6.07) is 10.7. The summed E-state index contributed by atoms with van der Waals surface area (Å²) in [4.78, 5) is 33.6. The molecule has 3 aromatic rings. The Morgan fingerprint density at radius 1 is 0.975 bits per heavy atom. The Morgan fingerprint density at radius 3 is 2.35 bits per heavy atom. The molecule has 1 fully saturated rings. The van der Waals surface area contributed by atoms with Crippen LogP contribution in [0.4, 0.5) is 0 Å². The number of carbonyl (C=O) groups is 1. The van der Waals surface area contributed by atoms with Crippen LogP contribution >= 0.6 is 35.6 Å². The molecule has 0 radical (unpaired) electrons. The molecule has 0 saturated carbocycles.